The standard InChI is InChI=1S/C17H13N5OS2/c1-10-9-24-13(21-10)8-20-16(23)14-15(19-7-6-18-14)17-22-11-4-2-3-5-12(11)25-17/h2-7,9H,8H2,1H3,(H,20,23). The molecule has 1 aromatic carbocycles. The number of amides is 1. The van der Waals surface area contributed by atoms with Crippen molar-refractivity contribution in [1.29, 1.82) is 0 Å². The summed E-state index contributed by atoms with van der Waals surface area (Å²) in [6.07, 6.45) is 3.08. The first-order valence-electron chi connectivity index (χ1n) is 7.57. The number of aromatic nitrogens is 4. The molecule has 0 fully saturated rings. The highest BCUT2D eigenvalue weighted by Crippen LogP contribution is 2.30. The monoisotopic (exact) mass is 367 g/mol. The first-order valence-corrected chi connectivity index (χ1v) is 9.26. The fourth-order valence-electron chi connectivity index (χ4n) is 2.36. The van der Waals surface area contributed by atoms with Crippen LogP contribution in [0.1, 0.15) is 21.2 Å². The molecule has 4 rings (SSSR count). The van der Waals surface area contributed by atoms with Gasteiger partial charge in [-0.05, 0) is 19.1 Å². The lowest BCUT2D eigenvalue weighted by atomic mass is 10.3. The van der Waals surface area contributed by atoms with E-state index in [4.69, 9.17) is 0 Å². The van der Waals surface area contributed by atoms with E-state index in [1.807, 2.05) is 36.6 Å². The molecule has 0 aliphatic carbocycles. The fraction of sp³-hybridized carbons (Fsp3) is 0.118. The van der Waals surface area contributed by atoms with Gasteiger partial charge in [-0.1, -0.05) is 12.1 Å². The smallest absolute Gasteiger partial charge is 0.272 e. The van der Waals surface area contributed by atoms with E-state index in [1.54, 1.807) is 6.20 Å². The zero-order valence-electron chi connectivity index (χ0n) is 13.3. The molecule has 25 heavy (non-hydrogen) atoms. The van der Waals surface area contributed by atoms with Gasteiger partial charge >= 0.3 is 0 Å². The first kappa shape index (κ1) is 15.8. The summed E-state index contributed by atoms with van der Waals surface area (Å²) in [5, 5.41) is 6.35. The number of carbonyl (C=O) groups is 1. The SMILES string of the molecule is Cc1csc(CNC(=O)c2nccnc2-c2nc3ccccc3s2)n1. The maximum atomic E-state index is 12.6. The van der Waals surface area contributed by atoms with E-state index < -0.39 is 0 Å². The molecule has 4 aromatic rings. The number of fused-ring (bicyclic) bond motifs is 1. The van der Waals surface area contributed by atoms with E-state index in [-0.39, 0.29) is 11.6 Å². The number of carbonyl (C=O) groups excluding carboxylic acids is 1. The number of thiazole rings is 2. The number of aryl methyl sites for hydroxylation is 1. The lowest BCUT2D eigenvalue weighted by Gasteiger charge is -2.05. The Morgan fingerprint density at radius 2 is 2.00 bits per heavy atom. The van der Waals surface area contributed by atoms with Gasteiger partial charge in [-0.2, -0.15) is 0 Å². The molecule has 124 valence electrons. The van der Waals surface area contributed by atoms with Crippen molar-refractivity contribution >= 4 is 38.8 Å². The highest BCUT2D eigenvalue weighted by molar-refractivity contribution is 7.21. The van der Waals surface area contributed by atoms with E-state index in [2.05, 4.69) is 25.3 Å². The summed E-state index contributed by atoms with van der Waals surface area (Å²) in [5.41, 5.74) is 2.60. The molecule has 0 atom stereocenters. The topological polar surface area (TPSA) is 80.7 Å². The summed E-state index contributed by atoms with van der Waals surface area (Å²) in [6.45, 7) is 2.29. The first-order chi connectivity index (χ1) is 12.2. The van der Waals surface area contributed by atoms with E-state index in [0.29, 0.717) is 17.2 Å². The third-order valence-corrected chi connectivity index (χ3v) is 5.49. The lowest BCUT2D eigenvalue weighted by Crippen LogP contribution is -2.24. The molecule has 3 heterocycles. The summed E-state index contributed by atoms with van der Waals surface area (Å²) < 4.78 is 1.05. The van der Waals surface area contributed by atoms with Gasteiger partial charge in [0, 0.05) is 23.5 Å². The summed E-state index contributed by atoms with van der Waals surface area (Å²) in [7, 11) is 0. The van der Waals surface area contributed by atoms with E-state index in [9.17, 15) is 4.79 Å². The van der Waals surface area contributed by atoms with Crippen molar-refractivity contribution in [2.75, 3.05) is 0 Å². The van der Waals surface area contributed by atoms with Crippen LogP contribution in [-0.4, -0.2) is 25.8 Å². The van der Waals surface area contributed by atoms with Crippen molar-refractivity contribution in [3.63, 3.8) is 0 Å². The van der Waals surface area contributed by atoms with Gasteiger partial charge in [0.25, 0.3) is 5.91 Å². The highest BCUT2D eigenvalue weighted by Gasteiger charge is 2.18. The van der Waals surface area contributed by atoms with Crippen LogP contribution in [0.15, 0.2) is 42.0 Å². The molecule has 0 unspecified atom stereocenters. The quantitative estimate of drug-likeness (QED) is 0.597. The van der Waals surface area contributed by atoms with Crippen molar-refractivity contribution < 1.29 is 4.79 Å². The van der Waals surface area contributed by atoms with Gasteiger partial charge in [-0.3, -0.25) is 4.79 Å². The number of benzene rings is 1. The Morgan fingerprint density at radius 3 is 2.80 bits per heavy atom. The summed E-state index contributed by atoms with van der Waals surface area (Å²) in [5.74, 6) is -0.282. The van der Waals surface area contributed by atoms with Gasteiger partial charge in [0.1, 0.15) is 15.7 Å². The van der Waals surface area contributed by atoms with Crippen molar-refractivity contribution in [2.24, 2.45) is 0 Å². The number of para-hydroxylation sites is 1. The number of rotatable bonds is 4. The molecular formula is C17H13N5OS2. The van der Waals surface area contributed by atoms with Crippen LogP contribution in [-0.2, 0) is 6.54 Å². The van der Waals surface area contributed by atoms with Gasteiger partial charge in [-0.15, -0.1) is 22.7 Å². The Morgan fingerprint density at radius 1 is 1.16 bits per heavy atom. The van der Waals surface area contributed by atoms with Crippen molar-refractivity contribution in [3.8, 4) is 10.7 Å². The van der Waals surface area contributed by atoms with Crippen LogP contribution in [0.5, 0.6) is 0 Å². The summed E-state index contributed by atoms with van der Waals surface area (Å²) in [4.78, 5) is 30.0. The van der Waals surface area contributed by atoms with Gasteiger partial charge < -0.3 is 5.32 Å². The number of nitrogens with zero attached hydrogens (tertiary/aromatic N) is 4. The zero-order chi connectivity index (χ0) is 17.2. The van der Waals surface area contributed by atoms with Crippen LogP contribution in [0.4, 0.5) is 0 Å². The maximum absolute atomic E-state index is 12.6. The van der Waals surface area contributed by atoms with Gasteiger partial charge in [0.15, 0.2) is 5.69 Å². The fourth-order valence-corrected chi connectivity index (χ4v) is 4.03. The predicted molar refractivity (Wildman–Crippen MR) is 98.7 cm³/mol. The van der Waals surface area contributed by atoms with Crippen LogP contribution in [0.2, 0.25) is 0 Å². The molecule has 0 saturated heterocycles. The second-order valence-electron chi connectivity index (χ2n) is 5.31. The van der Waals surface area contributed by atoms with Gasteiger partial charge in [0.2, 0.25) is 0 Å². The molecule has 0 radical (unpaired) electrons. The molecule has 8 heteroatoms. The maximum Gasteiger partial charge on any atom is 0.272 e. The molecule has 1 amide bonds. The van der Waals surface area contributed by atoms with Gasteiger partial charge in [-0.25, -0.2) is 19.9 Å². The Hall–Kier alpha value is -2.71. The number of hydrogen-bond donors (Lipinski definition) is 1. The van der Waals surface area contributed by atoms with Crippen molar-refractivity contribution in [3.05, 3.63) is 58.4 Å². The minimum atomic E-state index is -0.282. The third-order valence-electron chi connectivity index (χ3n) is 3.48. The van der Waals surface area contributed by atoms with Crippen LogP contribution >= 0.6 is 22.7 Å². The predicted octanol–water partition coefficient (Wildman–Crippen LogP) is 3.45. The second kappa shape index (κ2) is 6.66. The Balaban J connectivity index is 1.63. The van der Waals surface area contributed by atoms with Crippen molar-refractivity contribution in [1.82, 2.24) is 25.3 Å². The summed E-state index contributed by atoms with van der Waals surface area (Å²) >= 11 is 3.01. The van der Waals surface area contributed by atoms with Gasteiger partial charge in [0.05, 0.1) is 16.8 Å². The number of hydrogen-bond acceptors (Lipinski definition) is 7. The normalized spacial score (nSPS) is 10.9. The molecular weight excluding hydrogens is 354 g/mol. The number of nitrogens with one attached hydrogen (secondary N) is 1. The molecule has 3 aromatic heterocycles. The second-order valence-corrected chi connectivity index (χ2v) is 7.28. The van der Waals surface area contributed by atoms with E-state index in [1.165, 1.54) is 28.9 Å². The summed E-state index contributed by atoms with van der Waals surface area (Å²) in [6, 6.07) is 7.84. The largest absolute Gasteiger partial charge is 0.344 e. The van der Waals surface area contributed by atoms with E-state index in [0.717, 1.165) is 20.9 Å². The molecule has 0 saturated carbocycles. The van der Waals surface area contributed by atoms with Crippen LogP contribution < -0.4 is 5.32 Å². The van der Waals surface area contributed by atoms with E-state index >= 15 is 0 Å². The molecule has 0 spiro atoms. The Bertz CT molecular complexity index is 1020. The minimum absolute atomic E-state index is 0.273. The molecule has 1 N–H and O–H groups in total. The third kappa shape index (κ3) is 3.26. The Labute approximate surface area is 151 Å². The average Bonchev–Trinajstić information content (AvgIpc) is 3.25. The van der Waals surface area contributed by atoms with Crippen LogP contribution in [0.25, 0.3) is 20.9 Å². The molecule has 0 aliphatic rings. The molecule has 6 nitrogen and oxygen atoms in total. The minimum Gasteiger partial charge on any atom is -0.344 e. The molecule has 0 bridgehead atoms. The zero-order valence-corrected chi connectivity index (χ0v) is 14.9. The lowest BCUT2D eigenvalue weighted by molar-refractivity contribution is 0.0946. The Kier molecular flexibility index (Phi) is 4.21. The van der Waals surface area contributed by atoms with Crippen molar-refractivity contribution in [2.45, 2.75) is 13.5 Å². The highest BCUT2D eigenvalue weighted by atomic mass is 32.1. The molecule has 0 aliphatic heterocycles. The average molecular weight is 367 g/mol. The van der Waals surface area contributed by atoms with Crippen LogP contribution in [0.3, 0.4) is 0 Å². The van der Waals surface area contributed by atoms with Crippen LogP contribution in [0, 0.1) is 6.92 Å².